The fraction of sp³-hybridized carbons (Fsp3) is 0.321. The summed E-state index contributed by atoms with van der Waals surface area (Å²) in [6, 6.07) is 18.2. The van der Waals surface area contributed by atoms with Crippen molar-refractivity contribution in [3.8, 4) is 5.75 Å². The van der Waals surface area contributed by atoms with Crippen molar-refractivity contribution >= 4 is 23.3 Å². The molecule has 6 nitrogen and oxygen atoms in total. The number of Topliss-reactive ketones (excluding diaryl/α,β-unsaturated/α-hetero) is 1. The van der Waals surface area contributed by atoms with Crippen molar-refractivity contribution in [1.29, 1.82) is 0 Å². The molecule has 0 aliphatic carbocycles. The second-order valence-corrected chi connectivity index (χ2v) is 9.34. The highest BCUT2D eigenvalue weighted by Gasteiger charge is 2.29. The zero-order valence-electron chi connectivity index (χ0n) is 20.0. The summed E-state index contributed by atoms with van der Waals surface area (Å²) in [5.41, 5.74) is 3.44. The number of hydrogen-bond donors (Lipinski definition) is 1. The number of pyridine rings is 1. The summed E-state index contributed by atoms with van der Waals surface area (Å²) in [4.78, 5) is 32.6. The van der Waals surface area contributed by atoms with Crippen LogP contribution in [-0.4, -0.2) is 48.3 Å². The summed E-state index contributed by atoms with van der Waals surface area (Å²) < 4.78 is 5.16. The molecule has 1 aliphatic heterocycles. The second-order valence-electron chi connectivity index (χ2n) is 8.90. The van der Waals surface area contributed by atoms with Crippen molar-refractivity contribution in [3.63, 3.8) is 0 Å². The van der Waals surface area contributed by atoms with Gasteiger partial charge in [0.05, 0.1) is 25.4 Å². The summed E-state index contributed by atoms with van der Waals surface area (Å²) in [6.07, 6.45) is 3.16. The minimum absolute atomic E-state index is 0.0103. The van der Waals surface area contributed by atoms with Crippen molar-refractivity contribution in [2.45, 2.75) is 25.8 Å². The number of likely N-dealkylation sites (tertiary alicyclic amines) is 1. The number of amides is 1. The van der Waals surface area contributed by atoms with Gasteiger partial charge in [-0.3, -0.25) is 19.5 Å². The van der Waals surface area contributed by atoms with Crippen molar-refractivity contribution < 1.29 is 14.3 Å². The predicted molar refractivity (Wildman–Crippen MR) is 137 cm³/mol. The number of ether oxygens (including phenoxy) is 1. The number of methoxy groups -OCH3 is 1. The molecule has 1 aromatic heterocycles. The smallest absolute Gasteiger partial charge is 0.224 e. The van der Waals surface area contributed by atoms with Gasteiger partial charge in [0.15, 0.2) is 5.78 Å². The molecular weight excluding hydrogens is 462 g/mol. The number of piperidine rings is 1. The maximum Gasteiger partial charge on any atom is 0.224 e. The third kappa shape index (κ3) is 6.27. The van der Waals surface area contributed by atoms with Gasteiger partial charge in [0.25, 0.3) is 0 Å². The fourth-order valence-corrected chi connectivity index (χ4v) is 4.58. The van der Waals surface area contributed by atoms with Crippen LogP contribution in [-0.2, 0) is 4.79 Å². The monoisotopic (exact) mass is 491 g/mol. The van der Waals surface area contributed by atoms with Crippen molar-refractivity contribution in [2.75, 3.05) is 26.7 Å². The van der Waals surface area contributed by atoms with Crippen LogP contribution in [0.3, 0.4) is 0 Å². The lowest BCUT2D eigenvalue weighted by Gasteiger charge is -2.32. The molecule has 35 heavy (non-hydrogen) atoms. The molecule has 4 rings (SSSR count). The normalized spacial score (nSPS) is 15.4. The number of aromatic nitrogens is 1. The zero-order chi connectivity index (χ0) is 24.8. The van der Waals surface area contributed by atoms with E-state index < -0.39 is 0 Å². The summed E-state index contributed by atoms with van der Waals surface area (Å²) in [7, 11) is 1.60. The van der Waals surface area contributed by atoms with E-state index in [1.54, 1.807) is 37.6 Å². The minimum Gasteiger partial charge on any atom is -0.497 e. The first-order valence-corrected chi connectivity index (χ1v) is 12.2. The number of hydrogen-bond acceptors (Lipinski definition) is 5. The molecule has 0 spiro atoms. The fourth-order valence-electron chi connectivity index (χ4n) is 4.45. The first-order valence-electron chi connectivity index (χ1n) is 11.8. The van der Waals surface area contributed by atoms with Crippen LogP contribution in [0, 0.1) is 12.8 Å². The lowest BCUT2D eigenvalue weighted by molar-refractivity contribution is -0.126. The van der Waals surface area contributed by atoms with Gasteiger partial charge in [-0.05, 0) is 86.4 Å². The van der Waals surface area contributed by atoms with E-state index in [4.69, 9.17) is 16.3 Å². The topological polar surface area (TPSA) is 71.5 Å². The molecule has 1 atom stereocenters. The van der Waals surface area contributed by atoms with Gasteiger partial charge in [0.1, 0.15) is 5.75 Å². The number of nitrogens with one attached hydrogen (secondary N) is 1. The van der Waals surface area contributed by atoms with Crippen LogP contribution >= 0.6 is 11.6 Å². The highest BCUT2D eigenvalue weighted by atomic mass is 35.5. The number of nitrogens with zero attached hydrogens (tertiary/aromatic N) is 2. The summed E-state index contributed by atoms with van der Waals surface area (Å²) in [6.45, 7) is 3.75. The summed E-state index contributed by atoms with van der Waals surface area (Å²) in [5.74, 6) is 0.701. The van der Waals surface area contributed by atoms with E-state index in [9.17, 15) is 9.59 Å². The molecule has 1 saturated heterocycles. The number of benzene rings is 2. The van der Waals surface area contributed by atoms with Crippen LogP contribution in [0.5, 0.6) is 5.75 Å². The van der Waals surface area contributed by atoms with E-state index in [-0.39, 0.29) is 23.7 Å². The Hall–Kier alpha value is -3.22. The molecule has 3 aromatic rings. The van der Waals surface area contributed by atoms with Gasteiger partial charge in [0.2, 0.25) is 5.91 Å². The number of rotatable bonds is 8. The van der Waals surface area contributed by atoms with Crippen molar-refractivity contribution in [1.82, 2.24) is 15.2 Å². The number of carbonyl (C=O) groups is 2. The number of ketones is 1. The standard InChI is InChI=1S/C28H30ClN3O3/c1-19-4-3-15-30-26(19)27(21-5-9-23(29)10-6-21)31-28(34)22-13-16-32(17-14-22)18-25(33)20-7-11-24(35-2)12-8-20/h3-12,15,22,27H,13-14,16-18H2,1-2H3,(H,31,34). The van der Waals surface area contributed by atoms with Crippen molar-refractivity contribution in [2.24, 2.45) is 5.92 Å². The molecular formula is C28H30ClN3O3. The van der Waals surface area contributed by atoms with E-state index in [1.807, 2.05) is 43.3 Å². The van der Waals surface area contributed by atoms with Gasteiger partial charge in [-0.25, -0.2) is 0 Å². The molecule has 1 fully saturated rings. The molecule has 1 unspecified atom stereocenters. The first-order chi connectivity index (χ1) is 16.9. The molecule has 0 saturated carbocycles. The Labute approximate surface area is 211 Å². The highest BCUT2D eigenvalue weighted by Crippen LogP contribution is 2.26. The molecule has 2 aromatic carbocycles. The van der Waals surface area contributed by atoms with Crippen LogP contribution in [0.25, 0.3) is 0 Å². The average molecular weight is 492 g/mol. The Balaban J connectivity index is 1.38. The van der Waals surface area contributed by atoms with Gasteiger partial charge in [-0.2, -0.15) is 0 Å². The van der Waals surface area contributed by atoms with Gasteiger partial charge < -0.3 is 10.1 Å². The van der Waals surface area contributed by atoms with Gasteiger partial charge in [-0.15, -0.1) is 0 Å². The third-order valence-electron chi connectivity index (χ3n) is 6.55. The molecule has 1 N–H and O–H groups in total. The summed E-state index contributed by atoms with van der Waals surface area (Å²) >= 11 is 6.09. The number of aryl methyl sites for hydroxylation is 1. The Morgan fingerprint density at radius 3 is 2.40 bits per heavy atom. The molecule has 1 aliphatic rings. The molecule has 182 valence electrons. The Kier molecular flexibility index (Phi) is 8.16. The SMILES string of the molecule is COc1ccc(C(=O)CN2CCC(C(=O)NC(c3ccc(Cl)cc3)c3ncccc3C)CC2)cc1. The van der Waals surface area contributed by atoms with Gasteiger partial charge in [-0.1, -0.05) is 29.8 Å². The second kappa shape index (κ2) is 11.5. The van der Waals surface area contributed by atoms with E-state index in [2.05, 4.69) is 15.2 Å². The van der Waals surface area contributed by atoms with Gasteiger partial charge >= 0.3 is 0 Å². The third-order valence-corrected chi connectivity index (χ3v) is 6.80. The van der Waals surface area contributed by atoms with Crippen molar-refractivity contribution in [3.05, 3.63) is 94.3 Å². The van der Waals surface area contributed by atoms with E-state index >= 15 is 0 Å². The van der Waals surface area contributed by atoms with Crippen LogP contribution in [0.2, 0.25) is 5.02 Å². The lowest BCUT2D eigenvalue weighted by Crippen LogP contribution is -2.43. The predicted octanol–water partition coefficient (Wildman–Crippen LogP) is 4.85. The van der Waals surface area contributed by atoms with E-state index in [0.29, 0.717) is 43.1 Å². The molecule has 0 bridgehead atoms. The van der Waals surface area contributed by atoms with Crippen LogP contribution in [0.4, 0.5) is 0 Å². The molecule has 7 heteroatoms. The molecule has 1 amide bonds. The average Bonchev–Trinajstić information content (AvgIpc) is 2.89. The van der Waals surface area contributed by atoms with E-state index in [0.717, 1.165) is 22.6 Å². The van der Waals surface area contributed by atoms with Crippen LogP contribution < -0.4 is 10.1 Å². The summed E-state index contributed by atoms with van der Waals surface area (Å²) in [5, 5.41) is 3.88. The van der Waals surface area contributed by atoms with Gasteiger partial charge in [0, 0.05) is 22.7 Å². The highest BCUT2D eigenvalue weighted by molar-refractivity contribution is 6.30. The minimum atomic E-state index is -0.351. The molecule has 0 radical (unpaired) electrons. The zero-order valence-corrected chi connectivity index (χ0v) is 20.8. The quantitative estimate of drug-likeness (QED) is 0.456. The van der Waals surface area contributed by atoms with Crippen LogP contribution in [0.1, 0.15) is 46.1 Å². The Morgan fingerprint density at radius 1 is 1.09 bits per heavy atom. The number of halogens is 1. The maximum atomic E-state index is 13.3. The first kappa shape index (κ1) is 24.9. The molecule has 2 heterocycles. The maximum absolute atomic E-state index is 13.3. The Bertz CT molecular complexity index is 1160. The largest absolute Gasteiger partial charge is 0.497 e. The Morgan fingerprint density at radius 2 is 1.77 bits per heavy atom. The lowest BCUT2D eigenvalue weighted by atomic mass is 9.93. The number of carbonyl (C=O) groups excluding carboxylic acids is 2. The van der Waals surface area contributed by atoms with Crippen LogP contribution in [0.15, 0.2) is 66.9 Å². The van der Waals surface area contributed by atoms with E-state index in [1.165, 1.54) is 0 Å².